The molecule has 8 heteroatoms. The maximum atomic E-state index is 12.5. The molecular formula is C19H30N6O2. The van der Waals surface area contributed by atoms with Crippen molar-refractivity contribution in [3.63, 3.8) is 0 Å². The van der Waals surface area contributed by atoms with E-state index in [1.165, 1.54) is 12.8 Å². The highest BCUT2D eigenvalue weighted by Gasteiger charge is 2.35. The smallest absolute Gasteiger partial charge is 0.293 e. The highest BCUT2D eigenvalue weighted by atomic mass is 16.2. The molecule has 2 aliphatic heterocycles. The third kappa shape index (κ3) is 4.55. The predicted octanol–water partition coefficient (Wildman–Crippen LogP) is 0.707. The molecule has 1 saturated heterocycles. The summed E-state index contributed by atoms with van der Waals surface area (Å²) >= 11 is 0. The topological polar surface area (TPSA) is 101 Å². The van der Waals surface area contributed by atoms with Crippen LogP contribution in [-0.2, 0) is 9.59 Å². The molecule has 0 aromatic carbocycles. The standard InChI is InChI=1S/C19H30N6O2/c1-12(2)18-15(9-21-3)17(20)19(27)25(23-18)11-16(26)22-13-5-4-8-24(10-13)14-6-7-14/h9,12-14,20-21H,4-8,10-11H2,1-3H3,(H,22,26)/b15-9+,20-17?. The summed E-state index contributed by atoms with van der Waals surface area (Å²) in [4.78, 5) is 27.5. The van der Waals surface area contributed by atoms with Crippen LogP contribution >= 0.6 is 0 Å². The molecule has 1 saturated carbocycles. The zero-order valence-corrected chi connectivity index (χ0v) is 16.4. The van der Waals surface area contributed by atoms with Crippen molar-refractivity contribution in [2.75, 3.05) is 26.7 Å². The first kappa shape index (κ1) is 19.5. The Bertz CT molecular complexity index is 680. The lowest BCUT2D eigenvalue weighted by Gasteiger charge is -2.33. The fourth-order valence-corrected chi connectivity index (χ4v) is 3.73. The number of carbonyl (C=O) groups excluding carboxylic acids is 2. The summed E-state index contributed by atoms with van der Waals surface area (Å²) in [6.45, 7) is 5.76. The SMILES string of the molecule is CN/C=C1\C(=N)C(=O)N(CC(=O)NC2CCCN(C3CC3)C2)N=C1C(C)C. The van der Waals surface area contributed by atoms with Crippen molar-refractivity contribution in [3.05, 3.63) is 11.8 Å². The third-order valence-electron chi connectivity index (χ3n) is 5.23. The van der Waals surface area contributed by atoms with Gasteiger partial charge in [0.25, 0.3) is 5.91 Å². The molecule has 1 unspecified atom stereocenters. The number of rotatable bonds is 6. The van der Waals surface area contributed by atoms with Crippen LogP contribution in [0.5, 0.6) is 0 Å². The van der Waals surface area contributed by atoms with Gasteiger partial charge in [-0.05, 0) is 38.1 Å². The van der Waals surface area contributed by atoms with Crippen molar-refractivity contribution in [3.8, 4) is 0 Å². The highest BCUT2D eigenvalue weighted by Crippen LogP contribution is 2.29. The first-order chi connectivity index (χ1) is 12.9. The summed E-state index contributed by atoms with van der Waals surface area (Å²) in [7, 11) is 1.72. The van der Waals surface area contributed by atoms with Gasteiger partial charge < -0.3 is 10.6 Å². The summed E-state index contributed by atoms with van der Waals surface area (Å²) in [5.41, 5.74) is 0.995. The van der Waals surface area contributed by atoms with Gasteiger partial charge in [0, 0.05) is 37.4 Å². The Morgan fingerprint density at radius 1 is 1.37 bits per heavy atom. The number of likely N-dealkylation sites (tertiary alicyclic amines) is 1. The quantitative estimate of drug-likeness (QED) is 0.637. The van der Waals surface area contributed by atoms with E-state index in [0.717, 1.165) is 30.9 Å². The van der Waals surface area contributed by atoms with Gasteiger partial charge in [-0.15, -0.1) is 0 Å². The fourth-order valence-electron chi connectivity index (χ4n) is 3.73. The molecule has 3 aliphatic rings. The van der Waals surface area contributed by atoms with Gasteiger partial charge >= 0.3 is 0 Å². The second-order valence-electron chi connectivity index (χ2n) is 7.86. The molecule has 8 nitrogen and oxygen atoms in total. The molecule has 0 radical (unpaired) electrons. The summed E-state index contributed by atoms with van der Waals surface area (Å²) in [5.74, 6) is -0.722. The van der Waals surface area contributed by atoms with Crippen molar-refractivity contribution in [1.29, 1.82) is 5.41 Å². The van der Waals surface area contributed by atoms with Crippen LogP contribution in [0.3, 0.4) is 0 Å². The second-order valence-corrected chi connectivity index (χ2v) is 7.86. The Morgan fingerprint density at radius 3 is 2.74 bits per heavy atom. The number of hydrazone groups is 1. The van der Waals surface area contributed by atoms with Crippen molar-refractivity contribution in [1.82, 2.24) is 20.5 Å². The van der Waals surface area contributed by atoms with E-state index in [9.17, 15) is 9.59 Å². The Labute approximate surface area is 160 Å². The molecule has 1 atom stereocenters. The zero-order valence-electron chi connectivity index (χ0n) is 16.4. The lowest BCUT2D eigenvalue weighted by Crippen LogP contribution is -2.52. The van der Waals surface area contributed by atoms with Crippen LogP contribution < -0.4 is 10.6 Å². The van der Waals surface area contributed by atoms with Gasteiger partial charge in [0.15, 0.2) is 0 Å². The minimum atomic E-state index is -0.542. The summed E-state index contributed by atoms with van der Waals surface area (Å²) in [6, 6.07) is 0.823. The fraction of sp³-hybridized carbons (Fsp3) is 0.684. The molecule has 2 amide bonds. The lowest BCUT2D eigenvalue weighted by molar-refractivity contribution is -0.131. The second kappa shape index (κ2) is 8.21. The van der Waals surface area contributed by atoms with Crippen LogP contribution in [0.1, 0.15) is 39.5 Å². The Kier molecular flexibility index (Phi) is 5.94. The van der Waals surface area contributed by atoms with Crippen molar-refractivity contribution < 1.29 is 9.59 Å². The van der Waals surface area contributed by atoms with E-state index in [-0.39, 0.29) is 30.1 Å². The van der Waals surface area contributed by atoms with Crippen LogP contribution in [0.15, 0.2) is 16.9 Å². The van der Waals surface area contributed by atoms with E-state index < -0.39 is 5.91 Å². The van der Waals surface area contributed by atoms with E-state index in [0.29, 0.717) is 17.3 Å². The van der Waals surface area contributed by atoms with Gasteiger partial charge in [-0.1, -0.05) is 13.8 Å². The molecular weight excluding hydrogens is 344 g/mol. The molecule has 0 spiro atoms. The molecule has 3 rings (SSSR count). The number of hydrogen-bond donors (Lipinski definition) is 3. The molecule has 3 N–H and O–H groups in total. The average molecular weight is 374 g/mol. The van der Waals surface area contributed by atoms with Crippen LogP contribution in [0.2, 0.25) is 0 Å². The molecule has 2 fully saturated rings. The van der Waals surface area contributed by atoms with E-state index in [2.05, 4.69) is 20.6 Å². The van der Waals surface area contributed by atoms with Crippen LogP contribution in [-0.4, -0.2) is 71.9 Å². The van der Waals surface area contributed by atoms with Crippen LogP contribution in [0, 0.1) is 11.3 Å². The number of nitrogens with one attached hydrogen (secondary N) is 3. The summed E-state index contributed by atoms with van der Waals surface area (Å²) < 4.78 is 0. The van der Waals surface area contributed by atoms with Crippen molar-refractivity contribution in [2.24, 2.45) is 11.0 Å². The molecule has 1 aliphatic carbocycles. The molecule has 0 bridgehead atoms. The first-order valence-electron chi connectivity index (χ1n) is 9.81. The zero-order chi connectivity index (χ0) is 19.6. The van der Waals surface area contributed by atoms with E-state index >= 15 is 0 Å². The van der Waals surface area contributed by atoms with E-state index in [4.69, 9.17) is 5.41 Å². The van der Waals surface area contributed by atoms with E-state index in [1.807, 2.05) is 13.8 Å². The Balaban J connectivity index is 1.64. The van der Waals surface area contributed by atoms with Gasteiger partial charge in [-0.3, -0.25) is 19.9 Å². The first-order valence-corrected chi connectivity index (χ1v) is 9.81. The number of nitrogens with zero attached hydrogens (tertiary/aromatic N) is 3. The molecule has 148 valence electrons. The summed E-state index contributed by atoms with van der Waals surface area (Å²) in [6.07, 6.45) is 6.20. The van der Waals surface area contributed by atoms with Crippen LogP contribution in [0.4, 0.5) is 0 Å². The molecule has 0 aromatic rings. The van der Waals surface area contributed by atoms with Crippen molar-refractivity contribution in [2.45, 2.75) is 51.6 Å². The highest BCUT2D eigenvalue weighted by molar-refractivity contribution is 6.52. The van der Waals surface area contributed by atoms with Gasteiger partial charge in [-0.25, -0.2) is 5.01 Å². The molecule has 27 heavy (non-hydrogen) atoms. The van der Waals surface area contributed by atoms with Crippen LogP contribution in [0.25, 0.3) is 0 Å². The largest absolute Gasteiger partial charge is 0.393 e. The maximum absolute atomic E-state index is 12.5. The number of hydrogen-bond acceptors (Lipinski definition) is 6. The maximum Gasteiger partial charge on any atom is 0.293 e. The minimum Gasteiger partial charge on any atom is -0.393 e. The normalized spacial score (nSPS) is 25.8. The predicted molar refractivity (Wildman–Crippen MR) is 105 cm³/mol. The summed E-state index contributed by atoms with van der Waals surface area (Å²) in [5, 5.41) is 19.6. The number of piperidine rings is 1. The number of amides is 2. The average Bonchev–Trinajstić information content (AvgIpc) is 3.46. The van der Waals surface area contributed by atoms with Gasteiger partial charge in [0.05, 0.1) is 5.71 Å². The van der Waals surface area contributed by atoms with Gasteiger partial charge in [0.1, 0.15) is 12.3 Å². The molecule has 0 aromatic heterocycles. The third-order valence-corrected chi connectivity index (χ3v) is 5.23. The van der Waals surface area contributed by atoms with Crippen molar-refractivity contribution >= 4 is 23.2 Å². The van der Waals surface area contributed by atoms with Gasteiger partial charge in [0.2, 0.25) is 5.91 Å². The monoisotopic (exact) mass is 374 g/mol. The Hall–Kier alpha value is -2.22. The minimum absolute atomic E-state index is 0.0362. The molecule has 2 heterocycles. The number of carbonyl (C=O) groups is 2. The lowest BCUT2D eigenvalue weighted by atomic mass is 9.95. The Morgan fingerprint density at radius 2 is 2.11 bits per heavy atom. The van der Waals surface area contributed by atoms with E-state index in [1.54, 1.807) is 13.2 Å². The van der Waals surface area contributed by atoms with Gasteiger partial charge in [-0.2, -0.15) is 5.10 Å².